The van der Waals surface area contributed by atoms with Crippen molar-refractivity contribution < 1.29 is 9.53 Å². The molecule has 3 heteroatoms. The van der Waals surface area contributed by atoms with E-state index in [4.69, 9.17) is 16.3 Å². The Labute approximate surface area is 95.2 Å². The van der Waals surface area contributed by atoms with Crippen molar-refractivity contribution in [1.29, 1.82) is 0 Å². The van der Waals surface area contributed by atoms with Crippen molar-refractivity contribution in [2.24, 2.45) is 0 Å². The standard InChI is InChI=1S/C12H15ClO2/c1-3-9(12(14)15-4-2)10-7-5-6-8-11(10)13/h5-9H,3-4H2,1-2H3. The summed E-state index contributed by atoms with van der Waals surface area (Å²) in [5.74, 6) is -0.452. The zero-order valence-electron chi connectivity index (χ0n) is 9.00. The van der Waals surface area contributed by atoms with Crippen molar-refractivity contribution in [3.05, 3.63) is 34.9 Å². The lowest BCUT2D eigenvalue weighted by atomic mass is 9.97. The first-order valence-electron chi connectivity index (χ1n) is 5.11. The van der Waals surface area contributed by atoms with Gasteiger partial charge in [0.1, 0.15) is 0 Å². The minimum absolute atomic E-state index is 0.201. The monoisotopic (exact) mass is 226 g/mol. The van der Waals surface area contributed by atoms with Crippen molar-refractivity contribution in [3.8, 4) is 0 Å². The van der Waals surface area contributed by atoms with E-state index in [0.29, 0.717) is 18.1 Å². The number of carbonyl (C=O) groups excluding carboxylic acids is 1. The van der Waals surface area contributed by atoms with Gasteiger partial charge in [-0.25, -0.2) is 0 Å². The molecule has 0 radical (unpaired) electrons. The number of halogens is 1. The Hall–Kier alpha value is -1.02. The van der Waals surface area contributed by atoms with Crippen LogP contribution in [0.2, 0.25) is 5.02 Å². The molecule has 1 aromatic rings. The summed E-state index contributed by atoms with van der Waals surface area (Å²) in [6, 6.07) is 7.39. The van der Waals surface area contributed by atoms with Crippen LogP contribution in [-0.2, 0) is 9.53 Å². The minimum Gasteiger partial charge on any atom is -0.466 e. The quantitative estimate of drug-likeness (QED) is 0.736. The highest BCUT2D eigenvalue weighted by atomic mass is 35.5. The van der Waals surface area contributed by atoms with Gasteiger partial charge in [-0.1, -0.05) is 36.7 Å². The molecule has 1 atom stereocenters. The molecular weight excluding hydrogens is 212 g/mol. The number of benzene rings is 1. The molecule has 0 saturated heterocycles. The number of carbonyl (C=O) groups is 1. The van der Waals surface area contributed by atoms with Crippen molar-refractivity contribution in [1.82, 2.24) is 0 Å². The predicted octanol–water partition coefficient (Wildman–Crippen LogP) is 3.40. The van der Waals surface area contributed by atoms with Crippen LogP contribution in [0.1, 0.15) is 31.7 Å². The van der Waals surface area contributed by atoms with Gasteiger partial charge in [0.15, 0.2) is 0 Å². The number of hydrogen-bond acceptors (Lipinski definition) is 2. The second-order valence-corrected chi connectivity index (χ2v) is 3.64. The molecule has 82 valence electrons. The lowest BCUT2D eigenvalue weighted by Crippen LogP contribution is -2.15. The van der Waals surface area contributed by atoms with Crippen LogP contribution in [0, 0.1) is 0 Å². The summed E-state index contributed by atoms with van der Waals surface area (Å²) in [6.07, 6.45) is 0.697. The molecule has 0 spiro atoms. The molecule has 0 saturated carbocycles. The summed E-state index contributed by atoms with van der Waals surface area (Å²) in [5, 5.41) is 0.623. The highest BCUT2D eigenvalue weighted by Crippen LogP contribution is 2.27. The van der Waals surface area contributed by atoms with E-state index >= 15 is 0 Å². The zero-order chi connectivity index (χ0) is 11.3. The second kappa shape index (κ2) is 5.76. The third-order valence-electron chi connectivity index (χ3n) is 2.26. The van der Waals surface area contributed by atoms with Gasteiger partial charge in [-0.3, -0.25) is 4.79 Å². The maximum Gasteiger partial charge on any atom is 0.313 e. The molecule has 1 aromatic carbocycles. The maximum atomic E-state index is 11.6. The van der Waals surface area contributed by atoms with Gasteiger partial charge in [0.2, 0.25) is 0 Å². The molecular formula is C12H15ClO2. The van der Waals surface area contributed by atoms with Gasteiger partial charge in [0.25, 0.3) is 0 Å². The van der Waals surface area contributed by atoms with E-state index in [0.717, 1.165) is 5.56 Å². The molecule has 1 rings (SSSR count). The first-order valence-corrected chi connectivity index (χ1v) is 5.49. The summed E-state index contributed by atoms with van der Waals surface area (Å²) in [7, 11) is 0. The van der Waals surface area contributed by atoms with Gasteiger partial charge < -0.3 is 4.74 Å². The van der Waals surface area contributed by atoms with Crippen molar-refractivity contribution >= 4 is 17.6 Å². The van der Waals surface area contributed by atoms with Crippen LogP contribution in [0.5, 0.6) is 0 Å². The molecule has 1 unspecified atom stereocenters. The van der Waals surface area contributed by atoms with Crippen LogP contribution < -0.4 is 0 Å². The third-order valence-corrected chi connectivity index (χ3v) is 2.60. The summed E-state index contributed by atoms with van der Waals surface area (Å²) < 4.78 is 5.01. The molecule has 15 heavy (non-hydrogen) atoms. The molecule has 0 fully saturated rings. The van der Waals surface area contributed by atoms with Crippen LogP contribution in [0.3, 0.4) is 0 Å². The zero-order valence-corrected chi connectivity index (χ0v) is 9.75. The Bertz CT molecular complexity index is 336. The van der Waals surface area contributed by atoms with E-state index in [2.05, 4.69) is 0 Å². The van der Waals surface area contributed by atoms with Gasteiger partial charge in [0, 0.05) is 5.02 Å². The summed E-state index contributed by atoms with van der Waals surface area (Å²) >= 11 is 6.03. The molecule has 0 aliphatic carbocycles. The molecule has 0 amide bonds. The van der Waals surface area contributed by atoms with E-state index in [-0.39, 0.29) is 11.9 Å². The number of ether oxygens (including phenoxy) is 1. The van der Waals surface area contributed by atoms with Crippen molar-refractivity contribution in [2.75, 3.05) is 6.61 Å². The fraction of sp³-hybridized carbons (Fsp3) is 0.417. The van der Waals surface area contributed by atoms with Crippen LogP contribution in [-0.4, -0.2) is 12.6 Å². The molecule has 0 heterocycles. The summed E-state index contributed by atoms with van der Waals surface area (Å²) in [4.78, 5) is 11.6. The van der Waals surface area contributed by atoms with Gasteiger partial charge >= 0.3 is 5.97 Å². The first-order chi connectivity index (χ1) is 7.20. The second-order valence-electron chi connectivity index (χ2n) is 3.23. The van der Waals surface area contributed by atoms with Gasteiger partial charge in [-0.05, 0) is 25.0 Å². The molecule has 0 aliphatic heterocycles. The van der Waals surface area contributed by atoms with E-state index in [9.17, 15) is 4.79 Å². The molecule has 2 nitrogen and oxygen atoms in total. The Balaban J connectivity index is 2.92. The molecule has 0 bridgehead atoms. The highest BCUT2D eigenvalue weighted by molar-refractivity contribution is 6.31. The Morgan fingerprint density at radius 2 is 2.07 bits per heavy atom. The molecule has 0 aromatic heterocycles. The first kappa shape index (κ1) is 12.1. The van der Waals surface area contributed by atoms with Crippen molar-refractivity contribution in [3.63, 3.8) is 0 Å². The van der Waals surface area contributed by atoms with Crippen LogP contribution >= 0.6 is 11.6 Å². The fourth-order valence-electron chi connectivity index (χ4n) is 1.51. The summed E-state index contributed by atoms with van der Waals surface area (Å²) in [6.45, 7) is 4.15. The van der Waals surface area contributed by atoms with Gasteiger partial charge in [0.05, 0.1) is 12.5 Å². The normalized spacial score (nSPS) is 12.2. The lowest BCUT2D eigenvalue weighted by molar-refractivity contribution is -0.145. The highest BCUT2D eigenvalue weighted by Gasteiger charge is 2.21. The van der Waals surface area contributed by atoms with Gasteiger partial charge in [-0.15, -0.1) is 0 Å². The van der Waals surface area contributed by atoms with Crippen LogP contribution in [0.25, 0.3) is 0 Å². The fourth-order valence-corrected chi connectivity index (χ4v) is 1.78. The largest absolute Gasteiger partial charge is 0.466 e. The minimum atomic E-state index is -0.251. The van der Waals surface area contributed by atoms with Gasteiger partial charge in [-0.2, -0.15) is 0 Å². The average molecular weight is 227 g/mol. The SMILES string of the molecule is CCOC(=O)C(CC)c1ccccc1Cl. The van der Waals surface area contributed by atoms with Crippen molar-refractivity contribution in [2.45, 2.75) is 26.2 Å². The van der Waals surface area contributed by atoms with Crippen LogP contribution in [0.4, 0.5) is 0 Å². The molecule has 0 N–H and O–H groups in total. The van der Waals surface area contributed by atoms with Crippen LogP contribution in [0.15, 0.2) is 24.3 Å². The van der Waals surface area contributed by atoms with E-state index < -0.39 is 0 Å². The third kappa shape index (κ3) is 2.96. The van der Waals surface area contributed by atoms with E-state index in [1.54, 1.807) is 13.0 Å². The van der Waals surface area contributed by atoms with E-state index in [1.165, 1.54) is 0 Å². The molecule has 0 aliphatic rings. The van der Waals surface area contributed by atoms with E-state index in [1.807, 2.05) is 25.1 Å². The topological polar surface area (TPSA) is 26.3 Å². The number of rotatable bonds is 4. The Morgan fingerprint density at radius 1 is 1.40 bits per heavy atom. The Morgan fingerprint density at radius 3 is 2.60 bits per heavy atom. The Kier molecular flexibility index (Phi) is 4.63. The average Bonchev–Trinajstić information content (AvgIpc) is 2.22. The smallest absolute Gasteiger partial charge is 0.313 e. The number of hydrogen-bond donors (Lipinski definition) is 0. The predicted molar refractivity (Wildman–Crippen MR) is 61.1 cm³/mol. The number of esters is 1. The maximum absolute atomic E-state index is 11.6. The summed E-state index contributed by atoms with van der Waals surface area (Å²) in [5.41, 5.74) is 0.847. The lowest BCUT2D eigenvalue weighted by Gasteiger charge is -2.14.